The van der Waals surface area contributed by atoms with Gasteiger partial charge in [0.1, 0.15) is 0 Å². The van der Waals surface area contributed by atoms with Crippen molar-refractivity contribution in [1.29, 1.82) is 0 Å². The third-order valence-electron chi connectivity index (χ3n) is 3.72. The number of fused-ring (bicyclic) bond motifs is 1. The Hall–Kier alpha value is -1.94. The molecular formula is C17H21NO3. The summed E-state index contributed by atoms with van der Waals surface area (Å²) in [7, 11) is 1.36. The van der Waals surface area contributed by atoms with E-state index < -0.39 is 12.0 Å². The quantitative estimate of drug-likeness (QED) is 0.829. The summed E-state index contributed by atoms with van der Waals surface area (Å²) >= 11 is 0. The number of benzene rings is 1. The van der Waals surface area contributed by atoms with Gasteiger partial charge >= 0.3 is 5.97 Å². The minimum atomic E-state index is -0.853. The lowest BCUT2D eigenvalue weighted by Gasteiger charge is -2.21. The van der Waals surface area contributed by atoms with E-state index in [1.54, 1.807) is 6.20 Å². The van der Waals surface area contributed by atoms with Gasteiger partial charge in [0, 0.05) is 11.6 Å². The Kier molecular flexibility index (Phi) is 5.28. The zero-order valence-corrected chi connectivity index (χ0v) is 12.5. The summed E-state index contributed by atoms with van der Waals surface area (Å²) in [6.45, 7) is 2.06. The van der Waals surface area contributed by atoms with E-state index in [0.29, 0.717) is 6.42 Å². The number of rotatable bonds is 6. The van der Waals surface area contributed by atoms with Crippen molar-refractivity contribution < 1.29 is 14.6 Å². The zero-order valence-electron chi connectivity index (χ0n) is 12.5. The number of pyridine rings is 1. The van der Waals surface area contributed by atoms with Crippen LogP contribution in [0.3, 0.4) is 0 Å². The number of carbonyl (C=O) groups excluding carboxylic acids is 1. The number of hydrogen-bond acceptors (Lipinski definition) is 4. The van der Waals surface area contributed by atoms with Gasteiger partial charge in [0.2, 0.25) is 0 Å². The second-order valence-corrected chi connectivity index (χ2v) is 5.17. The van der Waals surface area contributed by atoms with E-state index in [-0.39, 0.29) is 5.97 Å². The van der Waals surface area contributed by atoms with Crippen molar-refractivity contribution in [1.82, 2.24) is 4.98 Å². The molecule has 112 valence electrons. The molecule has 21 heavy (non-hydrogen) atoms. The van der Waals surface area contributed by atoms with Crippen LogP contribution in [0.15, 0.2) is 36.5 Å². The Labute approximate surface area is 124 Å². The number of hydrogen-bond donors (Lipinski definition) is 1. The molecule has 0 saturated heterocycles. The monoisotopic (exact) mass is 287 g/mol. The molecule has 2 unspecified atom stereocenters. The smallest absolute Gasteiger partial charge is 0.311 e. The number of aliphatic hydroxyl groups is 1. The van der Waals surface area contributed by atoms with E-state index >= 15 is 0 Å². The van der Waals surface area contributed by atoms with Crippen molar-refractivity contribution in [2.45, 2.75) is 32.3 Å². The van der Waals surface area contributed by atoms with E-state index in [1.165, 1.54) is 7.11 Å². The molecule has 4 nitrogen and oxygen atoms in total. The van der Waals surface area contributed by atoms with Gasteiger partial charge in [-0.15, -0.1) is 0 Å². The van der Waals surface area contributed by atoms with Crippen molar-refractivity contribution in [3.05, 3.63) is 42.1 Å². The van der Waals surface area contributed by atoms with Gasteiger partial charge in [0.05, 0.1) is 24.6 Å². The van der Waals surface area contributed by atoms with E-state index in [0.717, 1.165) is 29.3 Å². The van der Waals surface area contributed by atoms with Gasteiger partial charge in [-0.1, -0.05) is 31.9 Å². The first kappa shape index (κ1) is 15.4. The summed E-state index contributed by atoms with van der Waals surface area (Å²) in [5.41, 5.74) is 1.60. The second kappa shape index (κ2) is 7.18. The summed E-state index contributed by atoms with van der Waals surface area (Å²) in [5, 5.41) is 11.5. The number of ether oxygens (including phenoxy) is 1. The predicted molar refractivity (Wildman–Crippen MR) is 81.7 cm³/mol. The van der Waals surface area contributed by atoms with E-state index in [9.17, 15) is 9.90 Å². The van der Waals surface area contributed by atoms with Gasteiger partial charge in [0.25, 0.3) is 0 Å². The highest BCUT2D eigenvalue weighted by Gasteiger charge is 2.28. The third-order valence-corrected chi connectivity index (χ3v) is 3.72. The summed E-state index contributed by atoms with van der Waals surface area (Å²) < 4.78 is 4.83. The molecule has 0 aliphatic heterocycles. The lowest BCUT2D eigenvalue weighted by molar-refractivity contribution is -0.150. The van der Waals surface area contributed by atoms with Crippen LogP contribution in [0.25, 0.3) is 10.9 Å². The second-order valence-electron chi connectivity index (χ2n) is 5.17. The summed E-state index contributed by atoms with van der Waals surface area (Å²) in [6.07, 6.45) is 3.36. The Morgan fingerprint density at radius 2 is 2.19 bits per heavy atom. The van der Waals surface area contributed by atoms with Gasteiger partial charge in [-0.05, 0) is 30.2 Å². The number of aliphatic hydroxyl groups excluding tert-OH is 1. The van der Waals surface area contributed by atoms with Crippen LogP contribution in [-0.2, 0) is 9.53 Å². The van der Waals surface area contributed by atoms with Crippen LogP contribution in [0.1, 0.15) is 37.9 Å². The minimum Gasteiger partial charge on any atom is -0.469 e. The number of methoxy groups -OCH3 is 1. The van der Waals surface area contributed by atoms with Crippen molar-refractivity contribution >= 4 is 16.9 Å². The summed E-state index contributed by atoms with van der Waals surface area (Å²) in [4.78, 5) is 16.2. The highest BCUT2D eigenvalue weighted by atomic mass is 16.5. The van der Waals surface area contributed by atoms with Crippen molar-refractivity contribution in [2.24, 2.45) is 5.92 Å². The topological polar surface area (TPSA) is 59.4 Å². The highest BCUT2D eigenvalue weighted by Crippen LogP contribution is 2.29. The first-order valence-electron chi connectivity index (χ1n) is 7.28. The molecule has 0 fully saturated rings. The van der Waals surface area contributed by atoms with Crippen LogP contribution >= 0.6 is 0 Å². The molecule has 0 saturated carbocycles. The molecule has 0 aliphatic carbocycles. The van der Waals surface area contributed by atoms with E-state index in [2.05, 4.69) is 11.9 Å². The van der Waals surface area contributed by atoms with Gasteiger partial charge < -0.3 is 9.84 Å². The third kappa shape index (κ3) is 3.58. The average Bonchev–Trinajstić information content (AvgIpc) is 2.54. The molecule has 2 atom stereocenters. The molecule has 1 aromatic heterocycles. The standard InChI is InChI=1S/C17H21NO3/c1-3-4-7-14(17(20)21-2)16(19)13-8-9-15-12(11-13)6-5-10-18-15/h5-6,8-11,14,16,19H,3-4,7H2,1-2H3. The highest BCUT2D eigenvalue weighted by molar-refractivity contribution is 5.79. The number of esters is 1. The van der Waals surface area contributed by atoms with E-state index in [4.69, 9.17) is 4.74 Å². The normalized spacial score (nSPS) is 13.9. The fraction of sp³-hybridized carbons (Fsp3) is 0.412. The largest absolute Gasteiger partial charge is 0.469 e. The predicted octanol–water partition coefficient (Wildman–Crippen LogP) is 3.25. The fourth-order valence-corrected chi connectivity index (χ4v) is 2.49. The Balaban J connectivity index is 2.28. The number of aromatic nitrogens is 1. The molecule has 4 heteroatoms. The Morgan fingerprint density at radius 3 is 2.90 bits per heavy atom. The molecule has 1 heterocycles. The van der Waals surface area contributed by atoms with Gasteiger partial charge in [-0.3, -0.25) is 9.78 Å². The lowest BCUT2D eigenvalue weighted by Crippen LogP contribution is -2.23. The van der Waals surface area contributed by atoms with Crippen LogP contribution in [0.4, 0.5) is 0 Å². The number of unbranched alkanes of at least 4 members (excludes halogenated alkanes) is 1. The first-order chi connectivity index (χ1) is 10.2. The first-order valence-corrected chi connectivity index (χ1v) is 7.28. The minimum absolute atomic E-state index is 0.359. The van der Waals surface area contributed by atoms with Crippen LogP contribution < -0.4 is 0 Å². The molecule has 0 aliphatic rings. The van der Waals surface area contributed by atoms with Crippen LogP contribution in [0.5, 0.6) is 0 Å². The molecular weight excluding hydrogens is 266 g/mol. The summed E-state index contributed by atoms with van der Waals surface area (Å²) in [6, 6.07) is 9.37. The Bertz CT molecular complexity index is 612. The number of carbonyl (C=O) groups is 1. The molecule has 0 spiro atoms. The fourth-order valence-electron chi connectivity index (χ4n) is 2.49. The maximum Gasteiger partial charge on any atom is 0.311 e. The Morgan fingerprint density at radius 1 is 1.38 bits per heavy atom. The maximum absolute atomic E-state index is 11.9. The van der Waals surface area contributed by atoms with E-state index in [1.807, 2.05) is 30.3 Å². The van der Waals surface area contributed by atoms with Crippen molar-refractivity contribution in [2.75, 3.05) is 7.11 Å². The van der Waals surface area contributed by atoms with Gasteiger partial charge in [-0.2, -0.15) is 0 Å². The maximum atomic E-state index is 11.9. The lowest BCUT2D eigenvalue weighted by atomic mass is 9.90. The number of nitrogens with zero attached hydrogens (tertiary/aromatic N) is 1. The van der Waals surface area contributed by atoms with Crippen LogP contribution in [-0.4, -0.2) is 23.2 Å². The molecule has 0 bridgehead atoms. The molecule has 2 aromatic rings. The average molecular weight is 287 g/mol. The van der Waals surface area contributed by atoms with Gasteiger partial charge in [0.15, 0.2) is 0 Å². The molecule has 2 rings (SSSR count). The molecule has 1 N–H and O–H groups in total. The van der Waals surface area contributed by atoms with Crippen molar-refractivity contribution in [3.63, 3.8) is 0 Å². The van der Waals surface area contributed by atoms with Gasteiger partial charge in [-0.25, -0.2) is 0 Å². The molecule has 1 aromatic carbocycles. The van der Waals surface area contributed by atoms with Crippen LogP contribution in [0.2, 0.25) is 0 Å². The molecule has 0 radical (unpaired) electrons. The SMILES string of the molecule is CCCCC(C(=O)OC)C(O)c1ccc2ncccc2c1. The van der Waals surface area contributed by atoms with Crippen LogP contribution in [0, 0.1) is 5.92 Å². The zero-order chi connectivity index (χ0) is 15.2. The molecule has 0 amide bonds. The summed E-state index contributed by atoms with van der Waals surface area (Å²) in [5.74, 6) is -0.883. The van der Waals surface area contributed by atoms with Crippen molar-refractivity contribution in [3.8, 4) is 0 Å².